The van der Waals surface area contributed by atoms with Crippen LogP contribution >= 0.6 is 11.8 Å². The summed E-state index contributed by atoms with van der Waals surface area (Å²) < 4.78 is 25.1. The molecule has 0 aliphatic carbocycles. The van der Waals surface area contributed by atoms with Crippen molar-refractivity contribution in [2.24, 2.45) is 0 Å². The van der Waals surface area contributed by atoms with E-state index in [1.807, 2.05) is 48.5 Å². The minimum absolute atomic E-state index is 0.207. The minimum Gasteiger partial charge on any atom is -0.497 e. The monoisotopic (exact) mass is 701 g/mol. The zero-order chi connectivity index (χ0) is 35.0. The lowest BCUT2D eigenvalue weighted by Crippen LogP contribution is -2.44. The van der Waals surface area contributed by atoms with Crippen LogP contribution in [0.2, 0.25) is 0 Å². The number of methoxy groups -OCH3 is 2. The number of rotatable bonds is 11. The molecular formula is C39H35N5O6S. The van der Waals surface area contributed by atoms with Crippen molar-refractivity contribution in [2.75, 3.05) is 31.9 Å². The molecule has 51 heavy (non-hydrogen) atoms. The van der Waals surface area contributed by atoms with Gasteiger partial charge in [-0.2, -0.15) is 0 Å². The van der Waals surface area contributed by atoms with Gasteiger partial charge in [0, 0.05) is 11.3 Å². The summed E-state index contributed by atoms with van der Waals surface area (Å²) in [6.07, 6.45) is 0.623. The van der Waals surface area contributed by atoms with Gasteiger partial charge in [0.05, 0.1) is 31.9 Å². The van der Waals surface area contributed by atoms with Crippen molar-refractivity contribution in [3.63, 3.8) is 0 Å². The van der Waals surface area contributed by atoms with Crippen LogP contribution in [0, 0.1) is 0 Å². The number of hydrogen-bond acceptors (Lipinski definition) is 10. The molecule has 4 aromatic carbocycles. The van der Waals surface area contributed by atoms with Crippen molar-refractivity contribution in [2.45, 2.75) is 28.8 Å². The summed E-state index contributed by atoms with van der Waals surface area (Å²) in [6.45, 7) is 0.207. The third-order valence-electron chi connectivity index (χ3n) is 9.61. The lowest BCUT2D eigenvalue weighted by Gasteiger charge is -2.39. The average Bonchev–Trinajstić information content (AvgIpc) is 3.85. The summed E-state index contributed by atoms with van der Waals surface area (Å²) in [5.41, 5.74) is 3.40. The van der Waals surface area contributed by atoms with Crippen LogP contribution < -0.4 is 14.8 Å². The number of benzene rings is 4. The molecule has 0 saturated carbocycles. The highest BCUT2D eigenvalue weighted by Crippen LogP contribution is 2.54. The molecule has 4 atom stereocenters. The van der Waals surface area contributed by atoms with E-state index in [0.717, 1.165) is 28.2 Å². The Bertz CT molecular complexity index is 2100. The van der Waals surface area contributed by atoms with Gasteiger partial charge in [-0.1, -0.05) is 72.8 Å². The first kappa shape index (κ1) is 32.9. The van der Waals surface area contributed by atoms with E-state index in [-0.39, 0.29) is 18.3 Å². The molecule has 12 heteroatoms. The number of hydrogen-bond donors (Lipinski definition) is 2. The second kappa shape index (κ2) is 13.5. The van der Waals surface area contributed by atoms with E-state index >= 15 is 0 Å². The third-order valence-corrected chi connectivity index (χ3v) is 11.4. The standard InChI is InChI=1S/C39H35N5O6S/c1-47-29-17-13-27(14-18-29)39(26-11-7-4-8-12-26,28-15-19-30(48-2)20-16-28)51-22-38-21-49-32(33(38)45)37(50-38)44-24-42-31-34(40-23-41-35(31)44)43-36(46)25-9-5-3-6-10-25/h3-20,23-24,32-33,37,45H,21-22H2,1-2H3,(H,40,41,43,46). The number of thioether (sulfide) groups is 1. The number of aromatic nitrogens is 4. The first-order chi connectivity index (χ1) is 25.0. The number of carbonyl (C=O) groups excluding carboxylic acids is 1. The fourth-order valence-corrected chi connectivity index (χ4v) is 8.63. The van der Waals surface area contributed by atoms with E-state index in [1.54, 1.807) is 61.1 Å². The number of aliphatic hydroxyl groups excluding tert-OH is 1. The molecule has 2 aromatic heterocycles. The van der Waals surface area contributed by atoms with E-state index in [2.05, 4.69) is 56.7 Å². The van der Waals surface area contributed by atoms with Crippen molar-refractivity contribution >= 4 is 34.7 Å². The third kappa shape index (κ3) is 5.70. The van der Waals surface area contributed by atoms with Crippen LogP contribution in [0.5, 0.6) is 11.5 Å². The molecule has 0 spiro atoms. The molecule has 11 nitrogen and oxygen atoms in total. The Morgan fingerprint density at radius 1 is 0.882 bits per heavy atom. The molecule has 258 valence electrons. The molecule has 0 radical (unpaired) electrons. The molecule has 1 amide bonds. The predicted molar refractivity (Wildman–Crippen MR) is 193 cm³/mol. The van der Waals surface area contributed by atoms with E-state index in [4.69, 9.17) is 18.9 Å². The lowest BCUT2D eigenvalue weighted by atomic mass is 9.84. The molecule has 4 unspecified atom stereocenters. The van der Waals surface area contributed by atoms with E-state index in [0.29, 0.717) is 22.5 Å². The zero-order valence-electron chi connectivity index (χ0n) is 27.9. The molecule has 6 aromatic rings. The van der Waals surface area contributed by atoms with E-state index < -0.39 is 28.8 Å². The minimum atomic E-state index is -1.05. The van der Waals surface area contributed by atoms with Gasteiger partial charge in [-0.25, -0.2) is 15.0 Å². The number of nitrogens with one attached hydrogen (secondary N) is 1. The van der Waals surface area contributed by atoms with Crippen molar-refractivity contribution in [3.05, 3.63) is 144 Å². The maximum absolute atomic E-state index is 12.9. The number of imidazole rings is 1. The number of fused-ring (bicyclic) bond motifs is 3. The fraction of sp³-hybridized carbons (Fsp3) is 0.231. The largest absolute Gasteiger partial charge is 0.497 e. The summed E-state index contributed by atoms with van der Waals surface area (Å²) in [6, 6.07) is 35.3. The van der Waals surface area contributed by atoms with Gasteiger partial charge < -0.3 is 29.4 Å². The number of ether oxygens (including phenoxy) is 4. The molecule has 2 bridgehead atoms. The van der Waals surface area contributed by atoms with Crippen molar-refractivity contribution < 1.29 is 28.8 Å². The van der Waals surface area contributed by atoms with Gasteiger partial charge >= 0.3 is 0 Å². The van der Waals surface area contributed by atoms with Crippen LogP contribution in [0.25, 0.3) is 11.2 Å². The lowest BCUT2D eigenvalue weighted by molar-refractivity contribution is -0.162. The Kier molecular flexibility index (Phi) is 8.68. The van der Waals surface area contributed by atoms with Crippen LogP contribution in [0.1, 0.15) is 33.3 Å². The summed E-state index contributed by atoms with van der Waals surface area (Å²) in [5.74, 6) is 1.85. The molecular weight excluding hydrogens is 667 g/mol. The van der Waals surface area contributed by atoms with Crippen LogP contribution in [0.4, 0.5) is 5.82 Å². The van der Waals surface area contributed by atoms with Crippen LogP contribution in [0.3, 0.4) is 0 Å². The van der Waals surface area contributed by atoms with E-state index in [9.17, 15) is 9.90 Å². The van der Waals surface area contributed by atoms with Gasteiger partial charge in [0.15, 0.2) is 23.2 Å². The fourth-order valence-electron chi connectivity index (χ4n) is 6.94. The van der Waals surface area contributed by atoms with Gasteiger partial charge in [-0.15, -0.1) is 11.8 Å². The first-order valence-corrected chi connectivity index (χ1v) is 17.4. The smallest absolute Gasteiger partial charge is 0.256 e. The molecule has 2 fully saturated rings. The molecule has 8 rings (SSSR count). The van der Waals surface area contributed by atoms with Gasteiger partial charge in [0.25, 0.3) is 5.91 Å². The Morgan fingerprint density at radius 3 is 2.12 bits per heavy atom. The highest BCUT2D eigenvalue weighted by molar-refractivity contribution is 8.00. The number of anilines is 1. The maximum Gasteiger partial charge on any atom is 0.256 e. The van der Waals surface area contributed by atoms with Gasteiger partial charge in [-0.05, 0) is 53.1 Å². The molecule has 2 N–H and O–H groups in total. The van der Waals surface area contributed by atoms with Gasteiger partial charge in [0.2, 0.25) is 0 Å². The van der Waals surface area contributed by atoms with Crippen molar-refractivity contribution in [1.82, 2.24) is 19.5 Å². The predicted octanol–water partition coefficient (Wildman–Crippen LogP) is 5.85. The van der Waals surface area contributed by atoms with Crippen LogP contribution in [-0.4, -0.2) is 74.9 Å². The zero-order valence-corrected chi connectivity index (χ0v) is 28.7. The SMILES string of the molecule is COc1ccc(C(SCC23COC(C(n4cnc5c(NC(=O)c6ccccc6)ncnc54)O2)C3O)(c2ccccc2)c2ccc(OC)cc2)cc1. The van der Waals surface area contributed by atoms with Crippen molar-refractivity contribution in [1.29, 1.82) is 0 Å². The Hall–Kier alpha value is -5.27. The number of amides is 1. The number of carbonyl (C=O) groups is 1. The number of aliphatic hydroxyl groups is 1. The molecule has 4 heterocycles. The molecule has 2 aliphatic rings. The maximum atomic E-state index is 12.9. The van der Waals surface area contributed by atoms with Gasteiger partial charge in [0.1, 0.15) is 35.6 Å². The summed E-state index contributed by atoms with van der Waals surface area (Å²) >= 11 is 1.67. The first-order valence-electron chi connectivity index (χ1n) is 16.5. The second-order valence-electron chi connectivity index (χ2n) is 12.5. The second-order valence-corrected chi connectivity index (χ2v) is 13.6. The Balaban J connectivity index is 1.14. The van der Waals surface area contributed by atoms with Crippen molar-refractivity contribution in [3.8, 4) is 11.5 Å². The summed E-state index contributed by atoms with van der Waals surface area (Å²) in [4.78, 5) is 26.3. The highest BCUT2D eigenvalue weighted by atomic mass is 32.2. The number of nitrogens with zero attached hydrogens (tertiary/aromatic N) is 4. The average molecular weight is 702 g/mol. The Morgan fingerprint density at radius 2 is 1.49 bits per heavy atom. The highest BCUT2D eigenvalue weighted by Gasteiger charge is 2.62. The topological polar surface area (TPSA) is 130 Å². The molecule has 2 saturated heterocycles. The van der Waals surface area contributed by atoms with Gasteiger partial charge in [-0.3, -0.25) is 9.36 Å². The Labute approximate surface area is 298 Å². The molecule has 2 aliphatic heterocycles. The summed E-state index contributed by atoms with van der Waals surface area (Å²) in [5, 5.41) is 14.7. The summed E-state index contributed by atoms with van der Waals surface area (Å²) in [7, 11) is 3.30. The van der Waals surface area contributed by atoms with Crippen LogP contribution in [0.15, 0.2) is 122 Å². The quantitative estimate of drug-likeness (QED) is 0.159. The normalized spacial score (nSPS) is 21.1. The van der Waals surface area contributed by atoms with Crippen LogP contribution in [-0.2, 0) is 14.2 Å². The van der Waals surface area contributed by atoms with E-state index in [1.165, 1.54) is 6.33 Å².